The van der Waals surface area contributed by atoms with Crippen LogP contribution in [-0.4, -0.2) is 23.9 Å². The third-order valence-corrected chi connectivity index (χ3v) is 3.41. The second-order valence-electron chi connectivity index (χ2n) is 4.86. The predicted octanol–water partition coefficient (Wildman–Crippen LogP) is 1.90. The molecule has 2 N–H and O–H groups in total. The number of rotatable bonds is 4. The highest BCUT2D eigenvalue weighted by molar-refractivity contribution is 6.29. The maximum atomic E-state index is 11.8. The molecule has 118 valence electrons. The molecule has 2 heterocycles. The lowest BCUT2D eigenvalue weighted by atomic mass is 10.1. The monoisotopic (exact) mass is 334 g/mol. The van der Waals surface area contributed by atoms with Gasteiger partial charge in [0.15, 0.2) is 5.22 Å². The molecular formula is C15H11ClN2O5. The van der Waals surface area contributed by atoms with Gasteiger partial charge in [0.2, 0.25) is 5.76 Å². The lowest BCUT2D eigenvalue weighted by molar-refractivity contribution is -0.120. The largest absolute Gasteiger partial charge is 0.438 e. The molecule has 1 saturated heterocycles. The molecule has 3 amide bonds. The lowest BCUT2D eigenvalue weighted by Gasteiger charge is -2.08. The molecule has 8 heteroatoms. The first-order chi connectivity index (χ1) is 11.0. The van der Waals surface area contributed by atoms with Crippen LogP contribution < -0.4 is 15.4 Å². The number of ether oxygens (including phenoxy) is 1. The number of carbonyl (C=O) groups excluding carboxylic acids is 3. The van der Waals surface area contributed by atoms with Crippen molar-refractivity contribution in [2.45, 2.75) is 12.5 Å². The van der Waals surface area contributed by atoms with Crippen LogP contribution in [0, 0.1) is 0 Å². The molecule has 0 aliphatic carbocycles. The molecule has 23 heavy (non-hydrogen) atoms. The predicted molar refractivity (Wildman–Crippen MR) is 79.3 cm³/mol. The van der Waals surface area contributed by atoms with Crippen LogP contribution in [0.3, 0.4) is 0 Å². The van der Waals surface area contributed by atoms with Crippen molar-refractivity contribution in [3.63, 3.8) is 0 Å². The molecule has 1 fully saturated rings. The Labute approximate surface area is 135 Å². The van der Waals surface area contributed by atoms with Crippen LogP contribution >= 0.6 is 11.6 Å². The van der Waals surface area contributed by atoms with Gasteiger partial charge in [-0.05, 0) is 41.4 Å². The van der Waals surface area contributed by atoms with Crippen LogP contribution in [0.4, 0.5) is 4.79 Å². The van der Waals surface area contributed by atoms with Crippen molar-refractivity contribution in [1.82, 2.24) is 10.6 Å². The SMILES string of the molecule is O=C1NC(=O)[C@H](Cc2ccc(OC(=O)c3ccc(Cl)o3)cc2)N1. The van der Waals surface area contributed by atoms with Gasteiger partial charge in [0.25, 0.3) is 5.91 Å². The third kappa shape index (κ3) is 3.51. The van der Waals surface area contributed by atoms with Crippen molar-refractivity contribution in [2.75, 3.05) is 0 Å². The number of halogens is 1. The number of urea groups is 1. The molecule has 0 saturated carbocycles. The van der Waals surface area contributed by atoms with Crippen LogP contribution in [0.15, 0.2) is 40.8 Å². The second kappa shape index (κ2) is 6.13. The van der Waals surface area contributed by atoms with Crippen LogP contribution in [0.2, 0.25) is 5.22 Å². The summed E-state index contributed by atoms with van der Waals surface area (Å²) in [5.74, 6) is -0.692. The van der Waals surface area contributed by atoms with E-state index in [2.05, 4.69) is 10.6 Å². The van der Waals surface area contributed by atoms with Gasteiger partial charge in [0.05, 0.1) is 0 Å². The van der Waals surface area contributed by atoms with E-state index in [0.717, 1.165) is 5.56 Å². The number of furan rings is 1. The maximum absolute atomic E-state index is 11.8. The number of imide groups is 1. The van der Waals surface area contributed by atoms with Gasteiger partial charge in [-0.15, -0.1) is 0 Å². The van der Waals surface area contributed by atoms with E-state index >= 15 is 0 Å². The molecule has 1 aromatic heterocycles. The molecule has 7 nitrogen and oxygen atoms in total. The van der Waals surface area contributed by atoms with Crippen molar-refractivity contribution in [3.05, 3.63) is 52.9 Å². The first-order valence-corrected chi connectivity index (χ1v) is 7.07. The van der Waals surface area contributed by atoms with E-state index < -0.39 is 18.0 Å². The van der Waals surface area contributed by atoms with Gasteiger partial charge in [-0.2, -0.15) is 0 Å². The van der Waals surface area contributed by atoms with Crippen molar-refractivity contribution >= 4 is 29.5 Å². The normalized spacial score (nSPS) is 16.8. The van der Waals surface area contributed by atoms with E-state index in [-0.39, 0.29) is 16.9 Å². The summed E-state index contributed by atoms with van der Waals surface area (Å²) in [6.07, 6.45) is 0.347. The second-order valence-corrected chi connectivity index (χ2v) is 5.23. The van der Waals surface area contributed by atoms with Gasteiger partial charge in [0.1, 0.15) is 11.8 Å². The summed E-state index contributed by atoms with van der Waals surface area (Å²) in [4.78, 5) is 34.3. The fourth-order valence-electron chi connectivity index (χ4n) is 2.11. The van der Waals surface area contributed by atoms with E-state index in [1.165, 1.54) is 12.1 Å². The minimum Gasteiger partial charge on any atom is -0.438 e. The number of carbonyl (C=O) groups is 3. The number of hydrogen-bond donors (Lipinski definition) is 2. The summed E-state index contributed by atoms with van der Waals surface area (Å²) < 4.78 is 10.1. The molecule has 0 radical (unpaired) electrons. The van der Waals surface area contributed by atoms with Crippen LogP contribution in [0.25, 0.3) is 0 Å². The molecule has 0 unspecified atom stereocenters. The molecule has 2 aromatic rings. The Morgan fingerprint density at radius 2 is 1.91 bits per heavy atom. The average Bonchev–Trinajstić information content (AvgIpc) is 3.07. The highest BCUT2D eigenvalue weighted by Gasteiger charge is 2.29. The first-order valence-electron chi connectivity index (χ1n) is 6.69. The molecule has 1 aromatic carbocycles. The summed E-state index contributed by atoms with van der Waals surface area (Å²) in [5.41, 5.74) is 0.813. The summed E-state index contributed by atoms with van der Waals surface area (Å²) in [5, 5.41) is 4.78. The molecule has 1 aliphatic rings. The minimum atomic E-state index is -0.660. The zero-order chi connectivity index (χ0) is 16.4. The Balaban J connectivity index is 1.62. The van der Waals surface area contributed by atoms with Gasteiger partial charge < -0.3 is 14.5 Å². The third-order valence-electron chi connectivity index (χ3n) is 3.21. The van der Waals surface area contributed by atoms with Gasteiger partial charge >= 0.3 is 12.0 Å². The molecule has 0 bridgehead atoms. The number of benzene rings is 1. The van der Waals surface area contributed by atoms with Crippen LogP contribution in [0.5, 0.6) is 5.75 Å². The van der Waals surface area contributed by atoms with Gasteiger partial charge in [-0.3, -0.25) is 10.1 Å². The average molecular weight is 335 g/mol. The van der Waals surface area contributed by atoms with E-state index in [1.807, 2.05) is 0 Å². The molecule has 1 aliphatic heterocycles. The van der Waals surface area contributed by atoms with Gasteiger partial charge in [-0.1, -0.05) is 12.1 Å². The minimum absolute atomic E-state index is 0.00409. The van der Waals surface area contributed by atoms with Crippen molar-refractivity contribution in [3.8, 4) is 5.75 Å². The zero-order valence-corrected chi connectivity index (χ0v) is 12.4. The molecule has 3 rings (SSSR count). The zero-order valence-electron chi connectivity index (χ0n) is 11.7. The van der Waals surface area contributed by atoms with Gasteiger partial charge in [0, 0.05) is 6.42 Å². The van der Waals surface area contributed by atoms with E-state index in [4.69, 9.17) is 20.8 Å². The Morgan fingerprint density at radius 1 is 1.17 bits per heavy atom. The fraction of sp³-hybridized carbons (Fsp3) is 0.133. The van der Waals surface area contributed by atoms with Crippen molar-refractivity contribution in [2.24, 2.45) is 0 Å². The van der Waals surface area contributed by atoms with E-state index in [9.17, 15) is 14.4 Å². The molecular weight excluding hydrogens is 324 g/mol. The van der Waals surface area contributed by atoms with E-state index in [0.29, 0.717) is 12.2 Å². The highest BCUT2D eigenvalue weighted by atomic mass is 35.5. The van der Waals surface area contributed by atoms with E-state index in [1.54, 1.807) is 24.3 Å². The number of hydrogen-bond acceptors (Lipinski definition) is 5. The molecule has 1 atom stereocenters. The summed E-state index contributed by atoms with van der Waals surface area (Å²) in [6.45, 7) is 0. The summed E-state index contributed by atoms with van der Waals surface area (Å²) in [7, 11) is 0. The Bertz CT molecular complexity index is 768. The quantitative estimate of drug-likeness (QED) is 0.505. The maximum Gasteiger partial charge on any atom is 0.379 e. The summed E-state index contributed by atoms with van der Waals surface area (Å²) >= 11 is 5.59. The Hall–Kier alpha value is -2.80. The first kappa shape index (κ1) is 15.1. The Kier molecular flexibility index (Phi) is 4.03. The fourth-order valence-corrected chi connectivity index (χ4v) is 2.26. The molecule has 0 spiro atoms. The smallest absolute Gasteiger partial charge is 0.379 e. The topological polar surface area (TPSA) is 97.6 Å². The number of amides is 3. The number of esters is 1. The lowest BCUT2D eigenvalue weighted by Crippen LogP contribution is -2.31. The van der Waals surface area contributed by atoms with Crippen LogP contribution in [0.1, 0.15) is 16.1 Å². The standard InChI is InChI=1S/C15H11ClN2O5/c16-12-6-5-11(23-12)14(20)22-9-3-1-8(2-4-9)7-10-13(19)18-15(21)17-10/h1-6,10H,7H2,(H2,17,18,19,21)/t10-/m0/s1. The van der Waals surface area contributed by atoms with Crippen LogP contribution in [-0.2, 0) is 11.2 Å². The van der Waals surface area contributed by atoms with Crippen molar-refractivity contribution in [1.29, 1.82) is 0 Å². The van der Waals surface area contributed by atoms with Crippen molar-refractivity contribution < 1.29 is 23.5 Å². The summed E-state index contributed by atoms with van der Waals surface area (Å²) in [6, 6.07) is 8.36. The van der Waals surface area contributed by atoms with Gasteiger partial charge in [-0.25, -0.2) is 9.59 Å². The number of nitrogens with one attached hydrogen (secondary N) is 2. The highest BCUT2D eigenvalue weighted by Crippen LogP contribution is 2.18. The Morgan fingerprint density at radius 3 is 2.48 bits per heavy atom.